The molecule has 4 rings (SSSR count). The fourth-order valence-electron chi connectivity index (χ4n) is 3.12. The fraction of sp³-hybridized carbons (Fsp3) is 0.0435. The largest absolute Gasteiger partial charge is 0.508 e. The number of thioether (sulfide) groups is 1. The maximum atomic E-state index is 10.7. The van der Waals surface area contributed by atoms with Gasteiger partial charge in [0.25, 0.3) is 0 Å². The zero-order valence-corrected chi connectivity index (χ0v) is 14.5. The number of phenolic OH excluding ortho intramolecular Hbond substituents is 1. The molecule has 1 nitrogen and oxygen atoms in total. The van der Waals surface area contributed by atoms with Gasteiger partial charge in [0.2, 0.25) is 0 Å². The van der Waals surface area contributed by atoms with E-state index in [2.05, 4.69) is 48.5 Å². The Morgan fingerprint density at radius 3 is 2.04 bits per heavy atom. The Kier molecular flexibility index (Phi) is 4.45. The van der Waals surface area contributed by atoms with Crippen LogP contribution in [0, 0.1) is 0 Å². The Labute approximate surface area is 152 Å². The van der Waals surface area contributed by atoms with Gasteiger partial charge in [0, 0.05) is 10.5 Å². The lowest BCUT2D eigenvalue weighted by molar-refractivity contribution is 0.470. The third-order valence-electron chi connectivity index (χ3n) is 4.31. The van der Waals surface area contributed by atoms with Crippen LogP contribution in [0.4, 0.5) is 0 Å². The molecule has 0 saturated carbocycles. The molecule has 0 aliphatic rings. The van der Waals surface area contributed by atoms with E-state index in [4.69, 9.17) is 0 Å². The number of rotatable bonds is 4. The van der Waals surface area contributed by atoms with Crippen molar-refractivity contribution in [2.75, 3.05) is 0 Å². The zero-order valence-electron chi connectivity index (χ0n) is 13.7. The molecule has 4 aromatic carbocycles. The fourth-order valence-corrected chi connectivity index (χ4v) is 4.36. The normalized spacial score (nSPS) is 12.2. The molecule has 2 heteroatoms. The number of phenols is 1. The van der Waals surface area contributed by atoms with Crippen molar-refractivity contribution in [3.8, 4) is 5.75 Å². The van der Waals surface area contributed by atoms with Crippen LogP contribution in [-0.2, 0) is 0 Å². The Hall–Kier alpha value is -2.71. The van der Waals surface area contributed by atoms with Gasteiger partial charge in [-0.15, -0.1) is 11.8 Å². The summed E-state index contributed by atoms with van der Waals surface area (Å²) >= 11 is 1.76. The average molecular weight is 342 g/mol. The maximum absolute atomic E-state index is 10.7. The first-order chi connectivity index (χ1) is 12.3. The first kappa shape index (κ1) is 15.8. The van der Waals surface area contributed by atoms with Gasteiger partial charge in [0.15, 0.2) is 0 Å². The van der Waals surface area contributed by atoms with Crippen LogP contribution in [0.25, 0.3) is 10.8 Å². The van der Waals surface area contributed by atoms with E-state index in [9.17, 15) is 5.11 Å². The summed E-state index contributed by atoms with van der Waals surface area (Å²) in [7, 11) is 0. The van der Waals surface area contributed by atoms with Crippen molar-refractivity contribution in [3.05, 3.63) is 108 Å². The van der Waals surface area contributed by atoms with Gasteiger partial charge in [-0.3, -0.25) is 0 Å². The van der Waals surface area contributed by atoms with E-state index in [0.29, 0.717) is 5.75 Å². The van der Waals surface area contributed by atoms with Crippen LogP contribution >= 0.6 is 11.8 Å². The minimum atomic E-state index is 0.0229. The number of fused-ring (bicyclic) bond motifs is 1. The summed E-state index contributed by atoms with van der Waals surface area (Å²) in [5, 5.41) is 13.0. The third kappa shape index (κ3) is 3.26. The molecule has 25 heavy (non-hydrogen) atoms. The lowest BCUT2D eigenvalue weighted by Gasteiger charge is -2.21. The lowest BCUT2D eigenvalue weighted by Crippen LogP contribution is -1.99. The highest BCUT2D eigenvalue weighted by molar-refractivity contribution is 7.99. The first-order valence-electron chi connectivity index (χ1n) is 8.30. The van der Waals surface area contributed by atoms with Crippen molar-refractivity contribution in [2.24, 2.45) is 0 Å². The minimum absolute atomic E-state index is 0.0229. The molecule has 1 N–H and O–H groups in total. The predicted molar refractivity (Wildman–Crippen MR) is 106 cm³/mol. The smallest absolute Gasteiger partial charge is 0.120 e. The van der Waals surface area contributed by atoms with Gasteiger partial charge in [-0.1, -0.05) is 78.9 Å². The number of hydrogen-bond acceptors (Lipinski definition) is 2. The van der Waals surface area contributed by atoms with Crippen LogP contribution in [0.2, 0.25) is 0 Å². The van der Waals surface area contributed by atoms with E-state index in [1.54, 1.807) is 17.8 Å². The molecule has 0 spiro atoms. The molecule has 122 valence electrons. The molecule has 0 aliphatic carbocycles. The Morgan fingerprint density at radius 2 is 1.28 bits per heavy atom. The SMILES string of the molecule is Oc1ccc2ccccc2c1C(Sc1ccccc1)c1ccccc1. The second-order valence-corrected chi connectivity index (χ2v) is 7.12. The molecule has 0 amide bonds. The van der Waals surface area contributed by atoms with Crippen molar-refractivity contribution in [1.82, 2.24) is 0 Å². The molecule has 0 radical (unpaired) electrons. The standard InChI is InChI=1S/C23H18OS/c24-21-16-15-17-9-7-8-14-20(17)22(21)23(18-10-3-1-4-11-18)25-19-12-5-2-6-13-19/h1-16,23-24H. The number of benzene rings is 4. The molecular formula is C23H18OS. The molecule has 1 unspecified atom stereocenters. The Morgan fingerprint density at radius 1 is 0.640 bits per heavy atom. The minimum Gasteiger partial charge on any atom is -0.508 e. The van der Waals surface area contributed by atoms with Gasteiger partial charge in [-0.05, 0) is 34.5 Å². The topological polar surface area (TPSA) is 20.2 Å². The van der Waals surface area contributed by atoms with E-state index in [0.717, 1.165) is 16.3 Å². The van der Waals surface area contributed by atoms with Crippen LogP contribution in [0.5, 0.6) is 5.75 Å². The molecular weight excluding hydrogens is 324 g/mol. The number of hydrogen-bond donors (Lipinski definition) is 1. The van der Waals surface area contributed by atoms with Crippen molar-refractivity contribution in [3.63, 3.8) is 0 Å². The van der Waals surface area contributed by atoms with Crippen LogP contribution < -0.4 is 0 Å². The maximum Gasteiger partial charge on any atom is 0.120 e. The van der Waals surface area contributed by atoms with E-state index in [1.165, 1.54) is 10.5 Å². The van der Waals surface area contributed by atoms with E-state index >= 15 is 0 Å². The van der Waals surface area contributed by atoms with Crippen LogP contribution in [0.1, 0.15) is 16.4 Å². The molecule has 0 fully saturated rings. The van der Waals surface area contributed by atoms with Crippen LogP contribution in [0.3, 0.4) is 0 Å². The van der Waals surface area contributed by atoms with E-state index in [1.807, 2.05) is 42.5 Å². The molecule has 0 aliphatic heterocycles. The monoisotopic (exact) mass is 342 g/mol. The van der Waals surface area contributed by atoms with Crippen molar-refractivity contribution < 1.29 is 5.11 Å². The summed E-state index contributed by atoms with van der Waals surface area (Å²) in [5.41, 5.74) is 2.15. The number of aromatic hydroxyl groups is 1. The average Bonchev–Trinajstić information content (AvgIpc) is 2.68. The Bertz CT molecular complexity index is 981. The lowest BCUT2D eigenvalue weighted by atomic mass is 9.97. The van der Waals surface area contributed by atoms with Gasteiger partial charge in [-0.25, -0.2) is 0 Å². The molecule has 0 heterocycles. The van der Waals surface area contributed by atoms with E-state index in [-0.39, 0.29) is 5.25 Å². The van der Waals surface area contributed by atoms with Crippen molar-refractivity contribution >= 4 is 22.5 Å². The molecule has 4 aromatic rings. The summed E-state index contributed by atoms with van der Waals surface area (Å²) in [4.78, 5) is 1.18. The van der Waals surface area contributed by atoms with Gasteiger partial charge >= 0.3 is 0 Å². The van der Waals surface area contributed by atoms with E-state index < -0.39 is 0 Å². The Balaban J connectivity index is 1.91. The summed E-state index contributed by atoms with van der Waals surface area (Å²) in [5.74, 6) is 0.344. The third-order valence-corrected chi connectivity index (χ3v) is 5.60. The van der Waals surface area contributed by atoms with Crippen molar-refractivity contribution in [1.29, 1.82) is 0 Å². The first-order valence-corrected chi connectivity index (χ1v) is 9.18. The summed E-state index contributed by atoms with van der Waals surface area (Å²) in [6.07, 6.45) is 0. The second-order valence-electron chi connectivity index (χ2n) is 5.94. The summed E-state index contributed by atoms with van der Waals surface area (Å²) in [6, 6.07) is 32.8. The van der Waals surface area contributed by atoms with Gasteiger partial charge in [-0.2, -0.15) is 0 Å². The highest BCUT2D eigenvalue weighted by atomic mass is 32.2. The van der Waals surface area contributed by atoms with Gasteiger partial charge < -0.3 is 5.11 Å². The van der Waals surface area contributed by atoms with Crippen LogP contribution in [0.15, 0.2) is 102 Å². The molecule has 1 atom stereocenters. The summed E-state index contributed by atoms with van der Waals surface area (Å²) < 4.78 is 0. The van der Waals surface area contributed by atoms with Gasteiger partial charge in [0.05, 0.1) is 5.25 Å². The highest BCUT2D eigenvalue weighted by Gasteiger charge is 2.21. The summed E-state index contributed by atoms with van der Waals surface area (Å²) in [6.45, 7) is 0. The predicted octanol–water partition coefficient (Wildman–Crippen LogP) is 6.43. The molecule has 0 bridgehead atoms. The second kappa shape index (κ2) is 7.04. The highest BCUT2D eigenvalue weighted by Crippen LogP contribution is 2.46. The molecule has 0 saturated heterocycles. The van der Waals surface area contributed by atoms with Crippen LogP contribution in [-0.4, -0.2) is 5.11 Å². The van der Waals surface area contributed by atoms with Gasteiger partial charge in [0.1, 0.15) is 5.75 Å². The zero-order chi connectivity index (χ0) is 17.1. The molecule has 0 aromatic heterocycles. The van der Waals surface area contributed by atoms with Crippen molar-refractivity contribution in [2.45, 2.75) is 10.1 Å². The quantitative estimate of drug-likeness (QED) is 0.431.